The van der Waals surface area contributed by atoms with Crippen LogP contribution in [0, 0.1) is 0 Å². The molecular weight excluding hydrogens is 232 g/mol. The van der Waals surface area contributed by atoms with E-state index in [0.29, 0.717) is 13.1 Å². The van der Waals surface area contributed by atoms with E-state index in [4.69, 9.17) is 9.47 Å². The summed E-state index contributed by atoms with van der Waals surface area (Å²) in [5, 5.41) is 9.84. The molecule has 0 radical (unpaired) electrons. The number of aromatic nitrogens is 3. The summed E-state index contributed by atoms with van der Waals surface area (Å²) in [6, 6.07) is 5.78. The van der Waals surface area contributed by atoms with Gasteiger partial charge in [0, 0.05) is 12.6 Å². The van der Waals surface area contributed by atoms with Crippen LogP contribution in [0.5, 0.6) is 11.5 Å². The maximum absolute atomic E-state index is 5.21. The predicted octanol–water partition coefficient (Wildman–Crippen LogP) is 1.11. The number of ether oxygens (including phenoxy) is 2. The van der Waals surface area contributed by atoms with Gasteiger partial charge in [-0.25, -0.2) is 4.98 Å². The van der Waals surface area contributed by atoms with E-state index in [1.54, 1.807) is 14.2 Å². The molecule has 1 aromatic carbocycles. The Kier molecular flexibility index (Phi) is 4.14. The van der Waals surface area contributed by atoms with Crippen molar-refractivity contribution in [1.82, 2.24) is 20.5 Å². The first-order valence-electron chi connectivity index (χ1n) is 5.58. The van der Waals surface area contributed by atoms with Crippen LogP contribution in [0.4, 0.5) is 0 Å². The molecule has 2 rings (SSSR count). The van der Waals surface area contributed by atoms with Crippen molar-refractivity contribution in [1.29, 1.82) is 0 Å². The van der Waals surface area contributed by atoms with Crippen LogP contribution in [0.3, 0.4) is 0 Å². The van der Waals surface area contributed by atoms with Crippen molar-refractivity contribution in [2.75, 3.05) is 14.2 Å². The van der Waals surface area contributed by atoms with E-state index in [-0.39, 0.29) is 0 Å². The van der Waals surface area contributed by atoms with Gasteiger partial charge in [0.05, 0.1) is 20.8 Å². The molecule has 0 atom stereocenters. The summed E-state index contributed by atoms with van der Waals surface area (Å²) < 4.78 is 10.4. The van der Waals surface area contributed by atoms with Crippen LogP contribution in [0.25, 0.3) is 0 Å². The molecule has 0 spiro atoms. The van der Waals surface area contributed by atoms with Crippen LogP contribution in [0.1, 0.15) is 11.4 Å². The summed E-state index contributed by atoms with van der Waals surface area (Å²) >= 11 is 0. The fourth-order valence-electron chi connectivity index (χ4n) is 1.61. The Hall–Kier alpha value is -2.08. The Labute approximate surface area is 105 Å². The highest BCUT2D eigenvalue weighted by Crippen LogP contribution is 2.22. The Bertz CT molecular complexity index is 463. The number of benzene rings is 1. The summed E-state index contributed by atoms with van der Waals surface area (Å²) in [5.41, 5.74) is 1.09. The number of hydrogen-bond donors (Lipinski definition) is 2. The number of nitrogens with one attached hydrogen (secondary N) is 2. The fraction of sp³-hybridized carbons (Fsp3) is 0.333. The first-order valence-corrected chi connectivity index (χ1v) is 5.58. The van der Waals surface area contributed by atoms with Gasteiger partial charge in [-0.1, -0.05) is 0 Å². The first-order chi connectivity index (χ1) is 8.81. The summed E-state index contributed by atoms with van der Waals surface area (Å²) in [4.78, 5) is 4.04. The maximum atomic E-state index is 5.21. The molecule has 0 aliphatic rings. The minimum atomic E-state index is 0.638. The van der Waals surface area contributed by atoms with Gasteiger partial charge >= 0.3 is 0 Å². The van der Waals surface area contributed by atoms with Crippen LogP contribution in [-0.2, 0) is 13.1 Å². The van der Waals surface area contributed by atoms with E-state index in [9.17, 15) is 0 Å². The lowest BCUT2D eigenvalue weighted by atomic mass is 10.2. The van der Waals surface area contributed by atoms with E-state index in [2.05, 4.69) is 20.5 Å². The number of aromatic amines is 1. The van der Waals surface area contributed by atoms with Crippen molar-refractivity contribution >= 4 is 0 Å². The summed E-state index contributed by atoms with van der Waals surface area (Å²) in [7, 11) is 3.28. The van der Waals surface area contributed by atoms with Crippen molar-refractivity contribution in [2.45, 2.75) is 13.1 Å². The number of methoxy groups -OCH3 is 2. The number of rotatable bonds is 6. The van der Waals surface area contributed by atoms with Crippen LogP contribution in [0.15, 0.2) is 24.5 Å². The molecule has 0 aliphatic carbocycles. The van der Waals surface area contributed by atoms with Crippen LogP contribution in [-0.4, -0.2) is 29.4 Å². The van der Waals surface area contributed by atoms with E-state index >= 15 is 0 Å². The molecule has 0 saturated heterocycles. The van der Waals surface area contributed by atoms with Crippen molar-refractivity contribution in [3.63, 3.8) is 0 Å². The first kappa shape index (κ1) is 12.4. The predicted molar refractivity (Wildman–Crippen MR) is 66.5 cm³/mol. The average Bonchev–Trinajstić information content (AvgIpc) is 2.91. The maximum Gasteiger partial charge on any atom is 0.138 e. The van der Waals surface area contributed by atoms with Crippen LogP contribution in [0.2, 0.25) is 0 Å². The van der Waals surface area contributed by atoms with Gasteiger partial charge in [0.15, 0.2) is 0 Å². The van der Waals surface area contributed by atoms with Crippen molar-refractivity contribution in [3.8, 4) is 11.5 Å². The summed E-state index contributed by atoms with van der Waals surface area (Å²) in [6.07, 6.45) is 1.49. The molecule has 0 fully saturated rings. The zero-order valence-electron chi connectivity index (χ0n) is 10.4. The topological polar surface area (TPSA) is 72.1 Å². The number of H-pyrrole nitrogens is 1. The van der Waals surface area contributed by atoms with Crippen LogP contribution < -0.4 is 14.8 Å². The van der Waals surface area contributed by atoms with Gasteiger partial charge < -0.3 is 14.8 Å². The molecule has 2 aromatic rings. The fourth-order valence-corrected chi connectivity index (χ4v) is 1.61. The standard InChI is InChI=1S/C12H16N4O2/c1-17-10-3-9(4-11(5-10)18-2)6-13-7-12-14-8-15-16-12/h3-5,8,13H,6-7H2,1-2H3,(H,14,15,16). The van der Waals surface area contributed by atoms with Gasteiger partial charge in [-0.05, 0) is 17.7 Å². The van der Waals surface area contributed by atoms with Gasteiger partial charge in [-0.2, -0.15) is 5.10 Å². The van der Waals surface area contributed by atoms with Gasteiger partial charge in [0.1, 0.15) is 23.7 Å². The Morgan fingerprint density at radius 3 is 2.39 bits per heavy atom. The molecule has 6 nitrogen and oxygen atoms in total. The molecule has 18 heavy (non-hydrogen) atoms. The monoisotopic (exact) mass is 248 g/mol. The third-order valence-corrected chi connectivity index (χ3v) is 2.50. The van der Waals surface area contributed by atoms with E-state index in [0.717, 1.165) is 22.9 Å². The molecule has 2 N–H and O–H groups in total. The molecule has 6 heteroatoms. The summed E-state index contributed by atoms with van der Waals surface area (Å²) in [6.45, 7) is 1.34. The highest BCUT2D eigenvalue weighted by molar-refractivity contribution is 5.38. The second kappa shape index (κ2) is 6.02. The van der Waals surface area contributed by atoms with Gasteiger partial charge in [-0.15, -0.1) is 0 Å². The SMILES string of the molecule is COc1cc(CNCc2ncn[nH]2)cc(OC)c1. The smallest absolute Gasteiger partial charge is 0.138 e. The average molecular weight is 248 g/mol. The van der Waals surface area contributed by atoms with E-state index < -0.39 is 0 Å². The van der Waals surface area contributed by atoms with Gasteiger partial charge in [-0.3, -0.25) is 5.10 Å². The zero-order valence-corrected chi connectivity index (χ0v) is 10.4. The minimum absolute atomic E-state index is 0.638. The highest BCUT2D eigenvalue weighted by Gasteiger charge is 2.02. The Balaban J connectivity index is 1.95. The molecule has 0 bridgehead atoms. The molecule has 0 amide bonds. The molecule has 0 saturated carbocycles. The zero-order chi connectivity index (χ0) is 12.8. The largest absolute Gasteiger partial charge is 0.497 e. The molecule has 96 valence electrons. The number of nitrogens with zero attached hydrogens (tertiary/aromatic N) is 2. The Morgan fingerprint density at radius 2 is 1.83 bits per heavy atom. The molecule has 0 aliphatic heterocycles. The lowest BCUT2D eigenvalue weighted by Crippen LogP contribution is -2.13. The van der Waals surface area contributed by atoms with Gasteiger partial charge in [0.25, 0.3) is 0 Å². The minimum Gasteiger partial charge on any atom is -0.497 e. The lowest BCUT2D eigenvalue weighted by Gasteiger charge is -2.08. The lowest BCUT2D eigenvalue weighted by molar-refractivity contribution is 0.393. The normalized spacial score (nSPS) is 10.3. The highest BCUT2D eigenvalue weighted by atomic mass is 16.5. The molecule has 1 aromatic heterocycles. The van der Waals surface area contributed by atoms with Crippen molar-refractivity contribution in [2.24, 2.45) is 0 Å². The van der Waals surface area contributed by atoms with Crippen LogP contribution >= 0.6 is 0 Å². The quantitative estimate of drug-likeness (QED) is 0.801. The van der Waals surface area contributed by atoms with E-state index in [1.807, 2.05) is 18.2 Å². The summed E-state index contributed by atoms with van der Waals surface area (Å²) in [5.74, 6) is 2.38. The number of hydrogen-bond acceptors (Lipinski definition) is 5. The molecule has 0 unspecified atom stereocenters. The molecule has 1 heterocycles. The second-order valence-corrected chi connectivity index (χ2v) is 3.76. The van der Waals surface area contributed by atoms with Gasteiger partial charge in [0.2, 0.25) is 0 Å². The third-order valence-electron chi connectivity index (χ3n) is 2.50. The van der Waals surface area contributed by atoms with Crippen molar-refractivity contribution in [3.05, 3.63) is 35.9 Å². The molecular formula is C12H16N4O2. The third kappa shape index (κ3) is 3.21. The van der Waals surface area contributed by atoms with E-state index in [1.165, 1.54) is 6.33 Å². The van der Waals surface area contributed by atoms with Crippen molar-refractivity contribution < 1.29 is 9.47 Å². The second-order valence-electron chi connectivity index (χ2n) is 3.76. The Morgan fingerprint density at radius 1 is 1.11 bits per heavy atom.